The fourth-order valence-corrected chi connectivity index (χ4v) is 2.78. The maximum atomic E-state index is 12.2. The molecule has 140 valence electrons. The van der Waals surface area contributed by atoms with Crippen LogP contribution in [-0.4, -0.2) is 25.1 Å². The molecule has 3 aromatic rings. The zero-order valence-corrected chi connectivity index (χ0v) is 15.6. The van der Waals surface area contributed by atoms with E-state index in [1.807, 2.05) is 6.07 Å². The van der Waals surface area contributed by atoms with Crippen LogP contribution in [0.4, 0.5) is 5.69 Å². The normalized spacial score (nSPS) is 11.8. The van der Waals surface area contributed by atoms with Gasteiger partial charge in [-0.1, -0.05) is 17.7 Å². The van der Waals surface area contributed by atoms with Gasteiger partial charge in [0.2, 0.25) is 0 Å². The Labute approximate surface area is 161 Å². The molecule has 27 heavy (non-hydrogen) atoms. The summed E-state index contributed by atoms with van der Waals surface area (Å²) < 4.78 is 15.8. The van der Waals surface area contributed by atoms with E-state index in [1.54, 1.807) is 43.5 Å². The number of esters is 1. The number of furan rings is 1. The van der Waals surface area contributed by atoms with E-state index in [0.29, 0.717) is 27.6 Å². The summed E-state index contributed by atoms with van der Waals surface area (Å²) in [7, 11) is 1.57. The summed E-state index contributed by atoms with van der Waals surface area (Å²) in [5.74, 6) is -0.299. The first-order valence-corrected chi connectivity index (χ1v) is 8.64. The second-order valence-corrected chi connectivity index (χ2v) is 6.37. The minimum absolute atomic E-state index is 0.00584. The fourth-order valence-electron chi connectivity index (χ4n) is 2.59. The predicted molar refractivity (Wildman–Crippen MR) is 102 cm³/mol. The number of hydrogen-bond acceptors (Lipinski definition) is 5. The molecule has 7 heteroatoms. The molecule has 6 nitrogen and oxygen atoms in total. The molecule has 0 aliphatic rings. The summed E-state index contributed by atoms with van der Waals surface area (Å²) in [6.45, 7) is 1.51. The molecule has 0 radical (unpaired) electrons. The summed E-state index contributed by atoms with van der Waals surface area (Å²) >= 11 is 5.89. The van der Waals surface area contributed by atoms with Gasteiger partial charge < -0.3 is 19.2 Å². The van der Waals surface area contributed by atoms with Crippen molar-refractivity contribution in [3.63, 3.8) is 0 Å². The lowest BCUT2D eigenvalue weighted by molar-refractivity contribution is -0.152. The molecule has 0 bridgehead atoms. The van der Waals surface area contributed by atoms with E-state index in [9.17, 15) is 9.59 Å². The van der Waals surface area contributed by atoms with Crippen LogP contribution in [0, 0.1) is 0 Å². The number of carbonyl (C=O) groups is 2. The number of ether oxygens (including phenoxy) is 2. The quantitative estimate of drug-likeness (QED) is 0.641. The Bertz CT molecular complexity index is 981. The number of anilines is 1. The summed E-state index contributed by atoms with van der Waals surface area (Å²) in [6, 6.07) is 12.1. The van der Waals surface area contributed by atoms with Crippen molar-refractivity contribution in [2.75, 3.05) is 12.4 Å². The van der Waals surface area contributed by atoms with E-state index in [2.05, 4.69) is 5.32 Å². The highest BCUT2D eigenvalue weighted by Crippen LogP contribution is 2.26. The molecule has 1 heterocycles. The Morgan fingerprint density at radius 2 is 2.04 bits per heavy atom. The SMILES string of the molecule is COc1ccc2c(CC(=O)O[C@H](C)C(=O)Nc3cccc(Cl)c3)coc2c1. The lowest BCUT2D eigenvalue weighted by Gasteiger charge is -2.13. The number of fused-ring (bicyclic) bond motifs is 1. The van der Waals surface area contributed by atoms with Crippen LogP contribution in [0.5, 0.6) is 5.75 Å². The molecular weight excluding hydrogens is 370 g/mol. The summed E-state index contributed by atoms with van der Waals surface area (Å²) in [4.78, 5) is 24.4. The van der Waals surface area contributed by atoms with Crippen LogP contribution in [0.15, 0.2) is 53.1 Å². The number of nitrogens with one attached hydrogen (secondary N) is 1. The highest BCUT2D eigenvalue weighted by Gasteiger charge is 2.19. The van der Waals surface area contributed by atoms with E-state index >= 15 is 0 Å². The van der Waals surface area contributed by atoms with E-state index in [0.717, 1.165) is 5.39 Å². The van der Waals surface area contributed by atoms with Gasteiger partial charge in [0.05, 0.1) is 19.8 Å². The number of amides is 1. The number of benzene rings is 2. The molecule has 1 aromatic heterocycles. The zero-order chi connectivity index (χ0) is 19.4. The van der Waals surface area contributed by atoms with Crippen LogP contribution in [0.1, 0.15) is 12.5 Å². The third-order valence-electron chi connectivity index (χ3n) is 3.97. The predicted octanol–water partition coefficient (Wildman–Crippen LogP) is 4.21. The van der Waals surface area contributed by atoms with Crippen molar-refractivity contribution in [2.45, 2.75) is 19.4 Å². The van der Waals surface area contributed by atoms with Crippen molar-refractivity contribution >= 4 is 40.1 Å². The first-order chi connectivity index (χ1) is 13.0. The minimum Gasteiger partial charge on any atom is -0.497 e. The number of methoxy groups -OCH3 is 1. The van der Waals surface area contributed by atoms with Crippen molar-refractivity contribution in [2.24, 2.45) is 0 Å². The zero-order valence-electron chi connectivity index (χ0n) is 14.8. The molecule has 0 fully saturated rings. The van der Waals surface area contributed by atoms with Crippen LogP contribution < -0.4 is 10.1 Å². The van der Waals surface area contributed by atoms with E-state index in [-0.39, 0.29) is 6.42 Å². The van der Waals surface area contributed by atoms with Crippen molar-refractivity contribution < 1.29 is 23.5 Å². The Morgan fingerprint density at radius 3 is 2.78 bits per heavy atom. The molecule has 0 aliphatic heterocycles. The third-order valence-corrected chi connectivity index (χ3v) is 4.20. The maximum absolute atomic E-state index is 12.2. The van der Waals surface area contributed by atoms with E-state index in [1.165, 1.54) is 13.2 Å². The number of carbonyl (C=O) groups excluding carboxylic acids is 2. The largest absolute Gasteiger partial charge is 0.497 e. The van der Waals surface area contributed by atoms with Gasteiger partial charge in [-0.15, -0.1) is 0 Å². The molecule has 2 aromatic carbocycles. The van der Waals surface area contributed by atoms with Crippen LogP contribution >= 0.6 is 11.6 Å². The number of halogens is 1. The molecular formula is C20H18ClNO5. The number of hydrogen-bond donors (Lipinski definition) is 1. The second-order valence-electron chi connectivity index (χ2n) is 5.93. The maximum Gasteiger partial charge on any atom is 0.311 e. The lowest BCUT2D eigenvalue weighted by Crippen LogP contribution is -2.30. The molecule has 1 amide bonds. The highest BCUT2D eigenvalue weighted by atomic mass is 35.5. The van der Waals surface area contributed by atoms with Gasteiger partial charge in [-0.2, -0.15) is 0 Å². The van der Waals surface area contributed by atoms with Crippen LogP contribution in [0.2, 0.25) is 5.02 Å². The van der Waals surface area contributed by atoms with Gasteiger partial charge in [0.1, 0.15) is 11.3 Å². The van der Waals surface area contributed by atoms with Crippen molar-refractivity contribution in [1.82, 2.24) is 0 Å². The standard InChI is InChI=1S/C20H18ClNO5/c1-12(20(24)22-15-5-3-4-14(21)9-15)27-19(23)8-13-11-26-18-10-16(25-2)6-7-17(13)18/h3-7,9-12H,8H2,1-2H3,(H,22,24)/t12-/m1/s1. The molecule has 0 aliphatic carbocycles. The molecule has 0 spiro atoms. The fraction of sp³-hybridized carbons (Fsp3) is 0.200. The highest BCUT2D eigenvalue weighted by molar-refractivity contribution is 6.30. The summed E-state index contributed by atoms with van der Waals surface area (Å²) in [5, 5.41) is 3.95. The first-order valence-electron chi connectivity index (χ1n) is 8.26. The number of rotatable bonds is 6. The molecule has 0 unspecified atom stereocenters. The van der Waals surface area contributed by atoms with Crippen molar-refractivity contribution in [3.05, 3.63) is 59.3 Å². The average Bonchev–Trinajstić information content (AvgIpc) is 3.03. The smallest absolute Gasteiger partial charge is 0.311 e. The van der Waals surface area contributed by atoms with Gasteiger partial charge in [-0.3, -0.25) is 9.59 Å². The van der Waals surface area contributed by atoms with Gasteiger partial charge in [-0.05, 0) is 37.3 Å². The minimum atomic E-state index is -0.949. The van der Waals surface area contributed by atoms with Gasteiger partial charge in [0.15, 0.2) is 6.10 Å². The van der Waals surface area contributed by atoms with Crippen LogP contribution in [0.25, 0.3) is 11.0 Å². The Hall–Kier alpha value is -2.99. The topological polar surface area (TPSA) is 77.8 Å². The monoisotopic (exact) mass is 387 g/mol. The lowest BCUT2D eigenvalue weighted by atomic mass is 10.1. The Balaban J connectivity index is 1.61. The van der Waals surface area contributed by atoms with Crippen molar-refractivity contribution in [1.29, 1.82) is 0 Å². The second kappa shape index (κ2) is 8.14. The summed E-state index contributed by atoms with van der Waals surface area (Å²) in [5.41, 5.74) is 1.83. The molecule has 0 saturated heterocycles. The van der Waals surface area contributed by atoms with E-state index in [4.69, 9.17) is 25.5 Å². The summed E-state index contributed by atoms with van der Waals surface area (Å²) in [6.07, 6.45) is 0.547. The molecule has 1 atom stereocenters. The van der Waals surface area contributed by atoms with Gasteiger partial charge in [0, 0.05) is 27.7 Å². The van der Waals surface area contributed by atoms with Gasteiger partial charge >= 0.3 is 5.97 Å². The average molecular weight is 388 g/mol. The Kier molecular flexibility index (Phi) is 5.66. The Morgan fingerprint density at radius 1 is 1.22 bits per heavy atom. The molecule has 0 saturated carbocycles. The van der Waals surface area contributed by atoms with Crippen LogP contribution in [0.3, 0.4) is 0 Å². The van der Waals surface area contributed by atoms with Crippen molar-refractivity contribution in [3.8, 4) is 5.75 Å². The molecule has 1 N–H and O–H groups in total. The van der Waals surface area contributed by atoms with Gasteiger partial charge in [-0.25, -0.2) is 0 Å². The molecule has 3 rings (SSSR count). The first kappa shape index (κ1) is 18.8. The van der Waals surface area contributed by atoms with Crippen LogP contribution in [-0.2, 0) is 20.7 Å². The van der Waals surface area contributed by atoms with E-state index < -0.39 is 18.0 Å². The third kappa shape index (κ3) is 4.60. The van der Waals surface area contributed by atoms with Gasteiger partial charge in [0.25, 0.3) is 5.91 Å².